The van der Waals surface area contributed by atoms with Crippen LogP contribution >= 0.6 is 0 Å². The second kappa shape index (κ2) is 72.7. The first-order valence-corrected chi connectivity index (χ1v) is 29.5. The van der Waals surface area contributed by atoms with Gasteiger partial charge in [-0.15, -0.1) is 0 Å². The van der Waals surface area contributed by atoms with Gasteiger partial charge >= 0.3 is 6.09 Å². The van der Waals surface area contributed by atoms with E-state index >= 15 is 0 Å². The molecule has 0 aromatic heterocycles. The van der Waals surface area contributed by atoms with Crippen molar-refractivity contribution in [3.63, 3.8) is 0 Å². The SMILES string of the molecule is CC(C)(C)OC(=O)NCCOCCOCCOCCOCCOCCOCCOCCOCCOCCOCCOCCOCCOCCOCCOCCOCCOCCOCCOCCOCCOCCOCCOCCOCCN. The molecule has 0 aromatic carbocycles. The average Bonchev–Trinajstić information content (AvgIpc) is 3.47. The van der Waals surface area contributed by atoms with Crippen LogP contribution < -0.4 is 11.1 Å². The van der Waals surface area contributed by atoms with Crippen LogP contribution in [-0.4, -0.2) is 342 Å². The lowest BCUT2D eigenvalue weighted by molar-refractivity contribution is -0.0320. The lowest BCUT2D eigenvalue weighted by Gasteiger charge is -2.19. The number of rotatable bonds is 74. The summed E-state index contributed by atoms with van der Waals surface area (Å²) in [6.45, 7) is 29.6. The maximum absolute atomic E-state index is 11.5. The van der Waals surface area contributed by atoms with Crippen LogP contribution in [-0.2, 0) is 118 Å². The molecule has 0 radical (unpaired) electrons. The molecular weight excluding hydrogens is 1100 g/mol. The lowest BCUT2D eigenvalue weighted by atomic mass is 10.2. The highest BCUT2D eigenvalue weighted by atomic mass is 16.6. The standard InChI is InChI=1S/C55H112N2O26/c1-55(2,3)83-54(58)57-5-7-60-9-11-62-13-15-64-17-19-66-21-23-68-25-27-70-29-31-72-33-35-74-37-39-76-41-43-78-45-47-80-49-51-82-53-52-81-50-48-79-46-44-77-42-40-75-38-36-73-34-32-71-30-28-69-26-24-67-22-20-65-18-16-63-14-12-61-10-8-59-6-4-56/h4-53,56H2,1-3H3,(H,57,58). The normalized spacial score (nSPS) is 11.9. The molecule has 0 aliphatic rings. The van der Waals surface area contributed by atoms with Crippen molar-refractivity contribution < 1.29 is 123 Å². The highest BCUT2D eigenvalue weighted by molar-refractivity contribution is 5.67. The largest absolute Gasteiger partial charge is 0.444 e. The highest BCUT2D eigenvalue weighted by Crippen LogP contribution is 2.06. The third kappa shape index (κ3) is 78.3. The number of carbonyl (C=O) groups excluding carboxylic acids is 1. The quantitative estimate of drug-likeness (QED) is 0.0799. The Hall–Kier alpha value is -1.73. The van der Waals surface area contributed by atoms with E-state index in [1.54, 1.807) is 0 Å². The van der Waals surface area contributed by atoms with Gasteiger partial charge in [-0.3, -0.25) is 0 Å². The zero-order valence-electron chi connectivity index (χ0n) is 51.0. The topological polar surface area (TPSA) is 286 Å². The van der Waals surface area contributed by atoms with Gasteiger partial charge in [-0.05, 0) is 20.8 Å². The summed E-state index contributed by atoms with van der Waals surface area (Å²) in [5, 5.41) is 2.63. The van der Waals surface area contributed by atoms with Crippen molar-refractivity contribution in [2.24, 2.45) is 5.73 Å². The second-order valence-electron chi connectivity index (χ2n) is 17.9. The lowest BCUT2D eigenvalue weighted by Crippen LogP contribution is -2.34. The Morgan fingerprint density at radius 1 is 0.229 bits per heavy atom. The van der Waals surface area contributed by atoms with Gasteiger partial charge in [-0.2, -0.15) is 0 Å². The van der Waals surface area contributed by atoms with Gasteiger partial charge in [0, 0.05) is 13.1 Å². The molecule has 28 heteroatoms. The van der Waals surface area contributed by atoms with Crippen molar-refractivity contribution >= 4 is 6.09 Å². The van der Waals surface area contributed by atoms with E-state index in [0.717, 1.165) is 0 Å². The van der Waals surface area contributed by atoms with Crippen LogP contribution in [0, 0.1) is 0 Å². The van der Waals surface area contributed by atoms with Crippen molar-refractivity contribution in [1.29, 1.82) is 0 Å². The Morgan fingerprint density at radius 3 is 0.470 bits per heavy atom. The van der Waals surface area contributed by atoms with Crippen LogP contribution in [0.4, 0.5) is 4.79 Å². The van der Waals surface area contributed by atoms with Crippen LogP contribution in [0.3, 0.4) is 0 Å². The van der Waals surface area contributed by atoms with E-state index in [2.05, 4.69) is 5.32 Å². The van der Waals surface area contributed by atoms with E-state index in [0.29, 0.717) is 330 Å². The molecule has 3 N–H and O–H groups in total. The zero-order chi connectivity index (χ0) is 59.8. The fourth-order valence-electron chi connectivity index (χ4n) is 5.78. The number of hydrogen-bond donors (Lipinski definition) is 2. The van der Waals surface area contributed by atoms with E-state index < -0.39 is 11.7 Å². The summed E-state index contributed by atoms with van der Waals surface area (Å²) in [5.74, 6) is 0. The van der Waals surface area contributed by atoms with Gasteiger partial charge in [-0.1, -0.05) is 0 Å². The van der Waals surface area contributed by atoms with Crippen LogP contribution in [0.2, 0.25) is 0 Å². The van der Waals surface area contributed by atoms with Gasteiger partial charge in [0.05, 0.1) is 317 Å². The number of alkyl carbamates (subject to hydrolysis) is 1. The number of carbonyl (C=O) groups is 1. The summed E-state index contributed by atoms with van der Waals surface area (Å²) in [4.78, 5) is 11.5. The third-order valence-corrected chi connectivity index (χ3v) is 9.73. The van der Waals surface area contributed by atoms with Crippen molar-refractivity contribution in [2.75, 3.05) is 330 Å². The summed E-state index contributed by atoms with van der Waals surface area (Å²) in [6, 6.07) is 0. The maximum atomic E-state index is 11.5. The van der Waals surface area contributed by atoms with Crippen molar-refractivity contribution in [3.05, 3.63) is 0 Å². The molecule has 28 nitrogen and oxygen atoms in total. The first-order valence-electron chi connectivity index (χ1n) is 29.5. The number of hydrogen-bond acceptors (Lipinski definition) is 27. The molecule has 1 amide bonds. The monoisotopic (exact) mass is 1220 g/mol. The van der Waals surface area contributed by atoms with Crippen LogP contribution in [0.15, 0.2) is 0 Å². The first kappa shape index (κ1) is 81.3. The number of amides is 1. The number of nitrogens with two attached hydrogens (primary N) is 1. The number of nitrogens with one attached hydrogen (secondary N) is 1. The van der Waals surface area contributed by atoms with Crippen LogP contribution in [0.1, 0.15) is 20.8 Å². The van der Waals surface area contributed by atoms with Gasteiger partial charge in [0.25, 0.3) is 0 Å². The summed E-state index contributed by atoms with van der Waals surface area (Å²) < 4.78 is 137. The predicted octanol–water partition coefficient (Wildman–Crippen LogP) is 0.868. The van der Waals surface area contributed by atoms with Gasteiger partial charge in [-0.25, -0.2) is 4.79 Å². The maximum Gasteiger partial charge on any atom is 0.407 e. The van der Waals surface area contributed by atoms with E-state index in [-0.39, 0.29) is 0 Å². The minimum atomic E-state index is -0.521. The van der Waals surface area contributed by atoms with Crippen LogP contribution in [0.25, 0.3) is 0 Å². The Kier molecular flexibility index (Phi) is 71.2. The van der Waals surface area contributed by atoms with Gasteiger partial charge in [0.15, 0.2) is 0 Å². The fourth-order valence-corrected chi connectivity index (χ4v) is 5.78. The molecule has 0 rings (SSSR count). The second-order valence-corrected chi connectivity index (χ2v) is 17.9. The minimum absolute atomic E-state index is 0.374. The molecule has 0 heterocycles. The molecule has 83 heavy (non-hydrogen) atoms. The summed E-state index contributed by atoms with van der Waals surface area (Å²) >= 11 is 0. The Bertz CT molecular complexity index is 1210. The molecule has 0 aliphatic carbocycles. The van der Waals surface area contributed by atoms with Crippen LogP contribution in [0.5, 0.6) is 0 Å². The van der Waals surface area contributed by atoms with Crippen molar-refractivity contribution in [3.8, 4) is 0 Å². The summed E-state index contributed by atoms with van der Waals surface area (Å²) in [6.07, 6.45) is -0.458. The van der Waals surface area contributed by atoms with Gasteiger partial charge < -0.3 is 129 Å². The Morgan fingerprint density at radius 2 is 0.349 bits per heavy atom. The summed E-state index contributed by atoms with van der Waals surface area (Å²) in [5.41, 5.74) is 4.83. The smallest absolute Gasteiger partial charge is 0.407 e. The minimum Gasteiger partial charge on any atom is -0.444 e. The molecule has 498 valence electrons. The zero-order valence-corrected chi connectivity index (χ0v) is 51.0. The predicted molar refractivity (Wildman–Crippen MR) is 303 cm³/mol. The molecule has 0 saturated heterocycles. The molecular formula is C55H112N2O26. The van der Waals surface area contributed by atoms with Gasteiger partial charge in [0.2, 0.25) is 0 Å². The molecule has 0 unspecified atom stereocenters. The van der Waals surface area contributed by atoms with E-state index in [1.165, 1.54) is 0 Å². The fraction of sp³-hybridized carbons (Fsp3) is 0.982. The third-order valence-electron chi connectivity index (χ3n) is 9.73. The Labute approximate surface area is 495 Å². The average molecular weight is 1220 g/mol. The summed E-state index contributed by atoms with van der Waals surface area (Å²) in [7, 11) is 0. The highest BCUT2D eigenvalue weighted by Gasteiger charge is 2.15. The van der Waals surface area contributed by atoms with E-state index in [1.807, 2.05) is 20.8 Å². The molecule has 0 aliphatic heterocycles. The first-order chi connectivity index (χ1) is 41.0. The number of ether oxygens (including phenoxy) is 25. The van der Waals surface area contributed by atoms with E-state index in [4.69, 9.17) is 124 Å². The molecule has 0 spiro atoms. The van der Waals surface area contributed by atoms with Crippen molar-refractivity contribution in [1.82, 2.24) is 5.32 Å². The molecule has 0 saturated carbocycles. The van der Waals surface area contributed by atoms with Crippen molar-refractivity contribution in [2.45, 2.75) is 26.4 Å². The molecule has 0 atom stereocenters. The van der Waals surface area contributed by atoms with E-state index in [9.17, 15) is 4.79 Å². The Balaban J connectivity index is 3.10. The molecule has 0 aromatic rings. The van der Waals surface area contributed by atoms with Gasteiger partial charge in [0.1, 0.15) is 5.60 Å². The molecule has 0 fully saturated rings. The molecule has 0 bridgehead atoms.